The maximum absolute atomic E-state index is 13.5. The fourth-order valence-electron chi connectivity index (χ4n) is 3.87. The van der Waals surface area contributed by atoms with Crippen LogP contribution in [0.2, 0.25) is 0 Å². The molecule has 1 atom stereocenters. The van der Waals surface area contributed by atoms with Crippen molar-refractivity contribution in [2.75, 3.05) is 34.3 Å². The zero-order valence-corrected chi connectivity index (χ0v) is 17.1. The van der Waals surface area contributed by atoms with E-state index in [2.05, 4.69) is 0 Å². The topological polar surface area (TPSA) is 64.2 Å². The molecule has 0 saturated carbocycles. The molecule has 4 rings (SSSR count). The van der Waals surface area contributed by atoms with Gasteiger partial charge in [0.2, 0.25) is 5.76 Å². The van der Waals surface area contributed by atoms with Crippen LogP contribution in [-0.2, 0) is 0 Å². The van der Waals surface area contributed by atoms with Gasteiger partial charge in [-0.1, -0.05) is 23.8 Å². The number of rotatable bonds is 5. The van der Waals surface area contributed by atoms with Gasteiger partial charge < -0.3 is 19.0 Å². The highest BCUT2D eigenvalue weighted by molar-refractivity contribution is 5.99. The fourth-order valence-corrected chi connectivity index (χ4v) is 3.87. The Balaban J connectivity index is 1.95. The van der Waals surface area contributed by atoms with E-state index in [0.29, 0.717) is 28.8 Å². The Hall–Kier alpha value is -3.12. The molecule has 6 nitrogen and oxygen atoms in total. The Morgan fingerprint density at radius 3 is 2.66 bits per heavy atom. The van der Waals surface area contributed by atoms with E-state index in [-0.39, 0.29) is 17.1 Å². The highest BCUT2D eigenvalue weighted by atomic mass is 16.5. The molecule has 0 fully saturated rings. The Kier molecular flexibility index (Phi) is 4.88. The minimum atomic E-state index is -0.492. The average molecular weight is 393 g/mol. The molecule has 2 heterocycles. The van der Waals surface area contributed by atoms with Gasteiger partial charge in [0.05, 0.1) is 51.3 Å². The van der Waals surface area contributed by atoms with Crippen molar-refractivity contribution in [3.8, 4) is 5.75 Å². The molecule has 0 aliphatic carbocycles. The predicted molar refractivity (Wildman–Crippen MR) is 111 cm³/mol. The van der Waals surface area contributed by atoms with Gasteiger partial charge >= 0.3 is 0 Å². The number of amides is 1. The molecular weight excluding hydrogens is 368 g/mol. The summed E-state index contributed by atoms with van der Waals surface area (Å²) in [6.45, 7) is 3.21. The van der Waals surface area contributed by atoms with Crippen LogP contribution >= 0.6 is 0 Å². The number of nitrogens with zero attached hydrogens (tertiary/aromatic N) is 1. The Bertz CT molecular complexity index is 1150. The molecule has 1 aliphatic heterocycles. The summed E-state index contributed by atoms with van der Waals surface area (Å²) >= 11 is 0. The second kappa shape index (κ2) is 7.37. The van der Waals surface area contributed by atoms with E-state index in [1.54, 1.807) is 18.1 Å². The van der Waals surface area contributed by atoms with Crippen molar-refractivity contribution < 1.29 is 18.8 Å². The summed E-state index contributed by atoms with van der Waals surface area (Å²) in [5, 5.41) is 0.504. The van der Waals surface area contributed by atoms with Gasteiger partial charge in [0, 0.05) is 0 Å². The van der Waals surface area contributed by atoms with Gasteiger partial charge in [-0.3, -0.25) is 9.59 Å². The molecule has 1 aliphatic rings. The van der Waals surface area contributed by atoms with Crippen molar-refractivity contribution >= 4 is 16.9 Å². The van der Waals surface area contributed by atoms with E-state index in [4.69, 9.17) is 9.15 Å². The molecule has 0 unspecified atom stereocenters. The standard InChI is InChI=1S/C23H24N2O4/c1-14-8-9-18-17(12-14)21(26)19-20(15-6-5-7-16(13-15)28-4)25(11-10-24(2)3)23(27)22(19)29-18/h5-9,12-13,20H,10-11H2,1-4H3/p+1/t20-/m1/s1. The van der Waals surface area contributed by atoms with Gasteiger partial charge in [-0.2, -0.15) is 0 Å². The molecule has 2 aromatic carbocycles. The number of fused-ring (bicyclic) bond motifs is 2. The van der Waals surface area contributed by atoms with Gasteiger partial charge in [0.15, 0.2) is 5.43 Å². The summed E-state index contributed by atoms with van der Waals surface area (Å²) in [6, 6.07) is 12.5. The third-order valence-electron chi connectivity index (χ3n) is 5.38. The maximum atomic E-state index is 13.5. The van der Waals surface area contributed by atoms with Gasteiger partial charge in [-0.05, 0) is 36.8 Å². The summed E-state index contributed by atoms with van der Waals surface area (Å²) in [5.74, 6) is 0.587. The van der Waals surface area contributed by atoms with Gasteiger partial charge in [-0.15, -0.1) is 0 Å². The summed E-state index contributed by atoms with van der Waals surface area (Å²) in [6.07, 6.45) is 0. The van der Waals surface area contributed by atoms with Crippen LogP contribution in [0.3, 0.4) is 0 Å². The van der Waals surface area contributed by atoms with Crippen LogP contribution in [0.1, 0.15) is 33.3 Å². The molecule has 1 N–H and O–H groups in total. The largest absolute Gasteiger partial charge is 0.497 e. The van der Waals surface area contributed by atoms with Gasteiger partial charge in [-0.25, -0.2) is 0 Å². The summed E-state index contributed by atoms with van der Waals surface area (Å²) in [5.41, 5.74) is 2.52. The lowest BCUT2D eigenvalue weighted by Gasteiger charge is -2.25. The zero-order chi connectivity index (χ0) is 20.7. The van der Waals surface area contributed by atoms with E-state index in [9.17, 15) is 9.59 Å². The lowest BCUT2D eigenvalue weighted by molar-refractivity contribution is -0.857. The van der Waals surface area contributed by atoms with E-state index in [1.165, 1.54) is 4.90 Å². The van der Waals surface area contributed by atoms with Crippen molar-refractivity contribution in [1.82, 2.24) is 4.90 Å². The molecule has 0 saturated heterocycles. The lowest BCUT2D eigenvalue weighted by atomic mass is 9.98. The molecule has 29 heavy (non-hydrogen) atoms. The van der Waals surface area contributed by atoms with Crippen LogP contribution in [0.25, 0.3) is 11.0 Å². The van der Waals surface area contributed by atoms with Gasteiger partial charge in [0.1, 0.15) is 11.3 Å². The first-order chi connectivity index (χ1) is 13.9. The van der Waals surface area contributed by atoms with E-state index < -0.39 is 6.04 Å². The van der Waals surface area contributed by atoms with Crippen molar-refractivity contribution in [2.24, 2.45) is 0 Å². The average Bonchev–Trinajstić information content (AvgIpc) is 2.99. The van der Waals surface area contributed by atoms with Crippen LogP contribution in [0.5, 0.6) is 5.75 Å². The van der Waals surface area contributed by atoms with E-state index in [0.717, 1.165) is 17.7 Å². The van der Waals surface area contributed by atoms with Crippen LogP contribution in [-0.4, -0.2) is 45.1 Å². The number of hydrogen-bond donors (Lipinski definition) is 1. The Morgan fingerprint density at radius 2 is 1.93 bits per heavy atom. The highest BCUT2D eigenvalue weighted by Gasteiger charge is 2.42. The van der Waals surface area contributed by atoms with E-state index in [1.807, 2.05) is 57.4 Å². The highest BCUT2D eigenvalue weighted by Crippen LogP contribution is 2.38. The number of ether oxygens (including phenoxy) is 1. The van der Waals surface area contributed by atoms with Crippen LogP contribution in [0.15, 0.2) is 51.7 Å². The van der Waals surface area contributed by atoms with Crippen LogP contribution in [0, 0.1) is 6.92 Å². The van der Waals surface area contributed by atoms with Gasteiger partial charge in [0.25, 0.3) is 5.91 Å². The Morgan fingerprint density at radius 1 is 1.14 bits per heavy atom. The van der Waals surface area contributed by atoms with Crippen LogP contribution in [0.4, 0.5) is 0 Å². The SMILES string of the molecule is COc1cccc([C@@H]2c3c(oc4ccc(C)cc4c3=O)C(=O)N2CC[NH+](C)C)c1. The molecule has 0 bridgehead atoms. The number of aryl methyl sites for hydroxylation is 1. The number of carbonyl (C=O) groups is 1. The molecule has 1 aromatic heterocycles. The second-order valence-corrected chi connectivity index (χ2v) is 7.81. The summed E-state index contributed by atoms with van der Waals surface area (Å²) < 4.78 is 11.3. The molecule has 6 heteroatoms. The minimum Gasteiger partial charge on any atom is -0.497 e. The third kappa shape index (κ3) is 3.29. The second-order valence-electron chi connectivity index (χ2n) is 7.81. The smallest absolute Gasteiger partial charge is 0.291 e. The number of hydrogen-bond acceptors (Lipinski definition) is 4. The summed E-state index contributed by atoms with van der Waals surface area (Å²) in [7, 11) is 5.67. The van der Waals surface area contributed by atoms with E-state index >= 15 is 0 Å². The molecule has 3 aromatic rings. The van der Waals surface area contributed by atoms with Crippen molar-refractivity contribution in [1.29, 1.82) is 0 Å². The van der Waals surface area contributed by atoms with Crippen LogP contribution < -0.4 is 15.1 Å². The molecule has 150 valence electrons. The minimum absolute atomic E-state index is 0.146. The number of carbonyl (C=O) groups excluding carboxylic acids is 1. The first kappa shape index (κ1) is 19.2. The molecule has 0 radical (unpaired) electrons. The predicted octanol–water partition coefficient (Wildman–Crippen LogP) is 1.80. The number of nitrogens with one attached hydrogen (secondary N) is 1. The molecule has 0 spiro atoms. The number of likely N-dealkylation sites (N-methyl/N-ethyl adjacent to an activating group) is 1. The quantitative estimate of drug-likeness (QED) is 0.718. The van der Waals surface area contributed by atoms with Crippen molar-refractivity contribution in [3.05, 3.63) is 75.1 Å². The fraction of sp³-hybridized carbons (Fsp3) is 0.304. The van der Waals surface area contributed by atoms with Crippen molar-refractivity contribution in [2.45, 2.75) is 13.0 Å². The normalized spacial score (nSPS) is 16.0. The maximum Gasteiger partial charge on any atom is 0.291 e. The third-order valence-corrected chi connectivity index (χ3v) is 5.38. The number of quaternary nitrogens is 1. The summed E-state index contributed by atoms with van der Waals surface area (Å²) in [4.78, 5) is 29.7. The first-order valence-corrected chi connectivity index (χ1v) is 9.72. The first-order valence-electron chi connectivity index (χ1n) is 9.72. The van der Waals surface area contributed by atoms with Crippen molar-refractivity contribution in [3.63, 3.8) is 0 Å². The lowest BCUT2D eigenvalue weighted by Crippen LogP contribution is -3.06. The monoisotopic (exact) mass is 393 g/mol. The molecule has 1 amide bonds. The Labute approximate surface area is 169 Å². The number of benzene rings is 2. The zero-order valence-electron chi connectivity index (χ0n) is 17.1. The molecular formula is C23H25N2O4+. The number of methoxy groups -OCH3 is 1.